The van der Waals surface area contributed by atoms with Crippen LogP contribution in [0.4, 0.5) is 19.0 Å². The van der Waals surface area contributed by atoms with Crippen molar-refractivity contribution >= 4 is 16.8 Å². The van der Waals surface area contributed by atoms with Crippen molar-refractivity contribution in [3.05, 3.63) is 74.8 Å². The van der Waals surface area contributed by atoms with E-state index in [0.29, 0.717) is 32.0 Å². The number of halogens is 3. The number of benzene rings is 1. The van der Waals surface area contributed by atoms with Crippen LogP contribution in [-0.4, -0.2) is 50.7 Å². The van der Waals surface area contributed by atoms with E-state index in [-0.39, 0.29) is 17.0 Å². The molecule has 3 aromatic heterocycles. The number of alkyl halides is 3. The van der Waals surface area contributed by atoms with E-state index >= 15 is 0 Å². The van der Waals surface area contributed by atoms with Gasteiger partial charge in [-0.1, -0.05) is 0 Å². The van der Waals surface area contributed by atoms with Gasteiger partial charge in [-0.2, -0.15) is 18.3 Å². The lowest BCUT2D eigenvalue weighted by Gasteiger charge is -2.40. The zero-order chi connectivity index (χ0) is 24.7. The van der Waals surface area contributed by atoms with Gasteiger partial charge >= 0.3 is 11.9 Å². The van der Waals surface area contributed by atoms with Gasteiger partial charge in [0.15, 0.2) is 0 Å². The van der Waals surface area contributed by atoms with Crippen LogP contribution in [0.5, 0.6) is 0 Å². The van der Waals surface area contributed by atoms with Crippen molar-refractivity contribution in [3.8, 4) is 11.3 Å². The lowest BCUT2D eigenvalue weighted by molar-refractivity contribution is -0.137. The fourth-order valence-corrected chi connectivity index (χ4v) is 4.40. The maximum Gasteiger partial charge on any atom is 0.419 e. The number of anilines is 1. The third-order valence-corrected chi connectivity index (χ3v) is 6.12. The molecule has 9 nitrogen and oxygen atoms in total. The molecule has 2 N–H and O–H groups in total. The number of piperazine rings is 1. The Morgan fingerprint density at radius 2 is 1.97 bits per heavy atom. The predicted molar refractivity (Wildman–Crippen MR) is 122 cm³/mol. The van der Waals surface area contributed by atoms with Crippen LogP contribution in [-0.2, 0) is 12.7 Å². The SMILES string of the molecule is C[C@@H]1CN(Cc2cn[nH]c2-c2ccc3oc(=O)[nH]c(=O)c3c2)CCN1c1ccc(C(F)(F)F)cn1. The zero-order valence-corrected chi connectivity index (χ0v) is 18.6. The average molecular weight is 486 g/mol. The van der Waals surface area contributed by atoms with E-state index in [0.717, 1.165) is 29.1 Å². The van der Waals surface area contributed by atoms with Crippen LogP contribution in [0.1, 0.15) is 18.1 Å². The minimum Gasteiger partial charge on any atom is -0.409 e. The fraction of sp³-hybridized carbons (Fsp3) is 0.304. The van der Waals surface area contributed by atoms with E-state index in [4.69, 9.17) is 4.42 Å². The van der Waals surface area contributed by atoms with Gasteiger partial charge in [0.2, 0.25) is 0 Å². The van der Waals surface area contributed by atoms with Crippen molar-refractivity contribution in [2.75, 3.05) is 24.5 Å². The minimum absolute atomic E-state index is 0.0328. The Morgan fingerprint density at radius 3 is 2.69 bits per heavy atom. The molecule has 5 rings (SSSR count). The number of fused-ring (bicyclic) bond motifs is 1. The van der Waals surface area contributed by atoms with Gasteiger partial charge in [-0.25, -0.2) is 9.78 Å². The summed E-state index contributed by atoms with van der Waals surface area (Å²) in [4.78, 5) is 33.9. The molecule has 1 atom stereocenters. The van der Waals surface area contributed by atoms with E-state index in [2.05, 4.69) is 25.1 Å². The molecule has 182 valence electrons. The molecule has 1 aliphatic heterocycles. The van der Waals surface area contributed by atoms with Crippen molar-refractivity contribution in [1.29, 1.82) is 0 Å². The number of nitrogens with zero attached hydrogens (tertiary/aromatic N) is 4. The Balaban J connectivity index is 1.31. The Hall–Kier alpha value is -3.93. The number of nitrogens with one attached hydrogen (secondary N) is 2. The molecule has 0 radical (unpaired) electrons. The van der Waals surface area contributed by atoms with Gasteiger partial charge in [-0.3, -0.25) is 19.8 Å². The van der Waals surface area contributed by atoms with E-state index in [1.165, 1.54) is 6.07 Å². The lowest BCUT2D eigenvalue weighted by Crippen LogP contribution is -2.51. The molecule has 1 saturated heterocycles. The van der Waals surface area contributed by atoms with Gasteiger partial charge < -0.3 is 9.32 Å². The molecule has 1 aromatic carbocycles. The third-order valence-electron chi connectivity index (χ3n) is 6.12. The van der Waals surface area contributed by atoms with Gasteiger partial charge in [-0.15, -0.1) is 0 Å². The summed E-state index contributed by atoms with van der Waals surface area (Å²) < 4.78 is 43.5. The van der Waals surface area contributed by atoms with E-state index in [9.17, 15) is 22.8 Å². The van der Waals surface area contributed by atoms with E-state index < -0.39 is 23.1 Å². The minimum atomic E-state index is -4.41. The summed E-state index contributed by atoms with van der Waals surface area (Å²) in [5, 5.41) is 7.40. The summed E-state index contributed by atoms with van der Waals surface area (Å²) in [6.45, 7) is 4.56. The number of hydrogen-bond acceptors (Lipinski definition) is 7. The number of H-pyrrole nitrogens is 2. The van der Waals surface area contributed by atoms with Crippen molar-refractivity contribution in [2.24, 2.45) is 0 Å². The molecule has 12 heteroatoms. The Labute approximate surface area is 196 Å². The highest BCUT2D eigenvalue weighted by atomic mass is 19.4. The maximum atomic E-state index is 12.8. The normalized spacial score (nSPS) is 17.3. The maximum absolute atomic E-state index is 12.8. The standard InChI is InChI=1S/C23H21F3N6O3/c1-13-11-31(6-7-32(13)19-5-3-16(10-27-19)23(24,25)26)12-15-9-28-30-20(15)14-2-4-18-17(8-14)21(33)29-22(34)35-18/h2-5,8-10,13H,6-7,11-12H2,1H3,(H,28,30)(H,29,33,34)/t13-/m1/s1. The summed E-state index contributed by atoms with van der Waals surface area (Å²) in [6.07, 6.45) is -1.82. The van der Waals surface area contributed by atoms with Gasteiger partial charge in [0.25, 0.3) is 5.56 Å². The van der Waals surface area contributed by atoms with E-state index in [1.54, 1.807) is 24.4 Å². The largest absolute Gasteiger partial charge is 0.419 e. The Bertz CT molecular complexity index is 1470. The van der Waals surface area contributed by atoms with Crippen LogP contribution < -0.4 is 16.2 Å². The summed E-state index contributed by atoms with van der Waals surface area (Å²) >= 11 is 0. The summed E-state index contributed by atoms with van der Waals surface area (Å²) in [5.41, 5.74) is 1.30. The van der Waals surface area contributed by atoms with Gasteiger partial charge in [0.05, 0.1) is 22.8 Å². The molecule has 1 fully saturated rings. The molecule has 4 aromatic rings. The highest BCUT2D eigenvalue weighted by molar-refractivity contribution is 5.82. The molecule has 1 aliphatic rings. The molecule has 0 bridgehead atoms. The number of rotatable bonds is 4. The van der Waals surface area contributed by atoms with Gasteiger partial charge in [0.1, 0.15) is 11.4 Å². The second-order valence-corrected chi connectivity index (χ2v) is 8.51. The number of aromatic nitrogens is 4. The van der Waals surface area contributed by atoms with Crippen molar-refractivity contribution in [3.63, 3.8) is 0 Å². The topological polar surface area (TPSA) is 111 Å². The van der Waals surface area contributed by atoms with Gasteiger partial charge in [0, 0.05) is 49.5 Å². The number of hydrogen-bond donors (Lipinski definition) is 2. The number of pyridine rings is 1. The van der Waals surface area contributed by atoms with Gasteiger partial charge in [-0.05, 0) is 37.3 Å². The molecule has 4 heterocycles. The Morgan fingerprint density at radius 1 is 1.14 bits per heavy atom. The average Bonchev–Trinajstić information content (AvgIpc) is 3.26. The van der Waals surface area contributed by atoms with Crippen molar-refractivity contribution < 1.29 is 17.6 Å². The number of aromatic amines is 2. The summed E-state index contributed by atoms with van der Waals surface area (Å²) in [7, 11) is 0. The van der Waals surface area contributed by atoms with E-state index in [1.807, 2.05) is 11.8 Å². The van der Waals surface area contributed by atoms with Crippen molar-refractivity contribution in [1.82, 2.24) is 25.1 Å². The summed E-state index contributed by atoms with van der Waals surface area (Å²) in [6, 6.07) is 7.46. The molecular formula is C23H21F3N6O3. The smallest absolute Gasteiger partial charge is 0.409 e. The molecule has 35 heavy (non-hydrogen) atoms. The highest BCUT2D eigenvalue weighted by Gasteiger charge is 2.32. The first-order valence-corrected chi connectivity index (χ1v) is 10.9. The second kappa shape index (κ2) is 8.69. The quantitative estimate of drug-likeness (QED) is 0.456. The molecule has 0 unspecified atom stereocenters. The Kier molecular flexibility index (Phi) is 5.67. The first-order chi connectivity index (χ1) is 16.7. The molecule has 0 spiro atoms. The van der Waals surface area contributed by atoms with Crippen LogP contribution in [0, 0.1) is 0 Å². The van der Waals surface area contributed by atoms with Crippen LogP contribution in [0.3, 0.4) is 0 Å². The predicted octanol–water partition coefficient (Wildman–Crippen LogP) is 3.00. The fourth-order valence-electron chi connectivity index (χ4n) is 4.40. The second-order valence-electron chi connectivity index (χ2n) is 8.51. The molecule has 0 amide bonds. The third kappa shape index (κ3) is 4.56. The molecule has 0 aliphatic carbocycles. The van der Waals surface area contributed by atoms with Crippen LogP contribution >= 0.6 is 0 Å². The zero-order valence-electron chi connectivity index (χ0n) is 18.6. The summed E-state index contributed by atoms with van der Waals surface area (Å²) in [5.74, 6) is -0.292. The highest BCUT2D eigenvalue weighted by Crippen LogP contribution is 2.30. The van der Waals surface area contributed by atoms with Crippen molar-refractivity contribution in [2.45, 2.75) is 25.7 Å². The first-order valence-electron chi connectivity index (χ1n) is 10.9. The monoisotopic (exact) mass is 486 g/mol. The van der Waals surface area contributed by atoms with Crippen LogP contribution in [0.25, 0.3) is 22.2 Å². The van der Waals surface area contributed by atoms with Crippen LogP contribution in [0.2, 0.25) is 0 Å². The first kappa shape index (κ1) is 22.8. The molecule has 0 saturated carbocycles. The lowest BCUT2D eigenvalue weighted by atomic mass is 10.1. The van der Waals surface area contributed by atoms with Crippen LogP contribution in [0.15, 0.2) is 56.7 Å². The molecular weight excluding hydrogens is 465 g/mol.